The number of aromatic amines is 1. The lowest BCUT2D eigenvalue weighted by Crippen LogP contribution is -2.43. The molecule has 3 heterocycles. The molecule has 3 aromatic rings. The Morgan fingerprint density at radius 1 is 1.04 bits per heavy atom. The van der Waals surface area contributed by atoms with Crippen LogP contribution in [0.15, 0.2) is 48.5 Å². The highest BCUT2D eigenvalue weighted by atomic mass is 16.7. The van der Waals surface area contributed by atoms with Crippen LogP contribution in [0.1, 0.15) is 33.5 Å². The molecule has 0 unspecified atom stereocenters. The number of aromatic nitrogens is 1. The van der Waals surface area contributed by atoms with E-state index in [2.05, 4.69) is 16.4 Å². The van der Waals surface area contributed by atoms with Gasteiger partial charge in [-0.15, -0.1) is 0 Å². The van der Waals surface area contributed by atoms with Gasteiger partial charge in [0, 0.05) is 28.7 Å². The zero-order valence-corrected chi connectivity index (χ0v) is 15.1. The van der Waals surface area contributed by atoms with E-state index in [1.54, 1.807) is 4.90 Å². The minimum absolute atomic E-state index is 0.0496. The van der Waals surface area contributed by atoms with E-state index >= 15 is 0 Å². The smallest absolute Gasteiger partial charge is 0.262 e. The number of aryl methyl sites for hydroxylation is 2. The summed E-state index contributed by atoms with van der Waals surface area (Å²) < 4.78 is 10.9. The molecule has 1 aromatic heterocycles. The predicted molar refractivity (Wildman–Crippen MR) is 102 cm³/mol. The molecule has 0 radical (unpaired) electrons. The summed E-state index contributed by atoms with van der Waals surface area (Å²) in [5.74, 6) is 1.30. The maximum Gasteiger partial charge on any atom is 0.262 e. The summed E-state index contributed by atoms with van der Waals surface area (Å²) in [4.78, 5) is 18.5. The standard InChI is InChI=1S/C21H19N3O3/c1-12-9-16(13(2)22-12)20-23-17-6-4-3-5-15(17)21(25)24(20)14-7-8-18-19(10-14)27-11-26-18/h3-10,20,22-23H,11H2,1-2H3/t20-/m1/s1. The summed E-state index contributed by atoms with van der Waals surface area (Å²) in [6.45, 7) is 4.24. The van der Waals surface area contributed by atoms with Crippen molar-refractivity contribution in [3.05, 3.63) is 71.0 Å². The monoisotopic (exact) mass is 361 g/mol. The van der Waals surface area contributed by atoms with Crippen LogP contribution in [0.2, 0.25) is 0 Å². The summed E-state index contributed by atoms with van der Waals surface area (Å²) in [5.41, 5.74) is 5.37. The topological polar surface area (TPSA) is 66.6 Å². The van der Waals surface area contributed by atoms with E-state index in [1.165, 1.54) is 0 Å². The lowest BCUT2D eigenvalue weighted by Gasteiger charge is -2.38. The number of carbonyl (C=O) groups excluding carboxylic acids is 1. The van der Waals surface area contributed by atoms with Crippen molar-refractivity contribution >= 4 is 17.3 Å². The quantitative estimate of drug-likeness (QED) is 0.720. The van der Waals surface area contributed by atoms with Gasteiger partial charge in [0.25, 0.3) is 5.91 Å². The third-order valence-corrected chi connectivity index (χ3v) is 5.05. The fourth-order valence-electron chi connectivity index (χ4n) is 3.80. The van der Waals surface area contributed by atoms with Crippen molar-refractivity contribution in [2.24, 2.45) is 0 Å². The number of benzene rings is 2. The molecule has 136 valence electrons. The minimum Gasteiger partial charge on any atom is -0.454 e. The third kappa shape index (κ3) is 2.44. The van der Waals surface area contributed by atoms with E-state index in [1.807, 2.05) is 56.3 Å². The molecule has 1 atom stereocenters. The first-order valence-corrected chi connectivity index (χ1v) is 8.87. The molecular formula is C21H19N3O3. The van der Waals surface area contributed by atoms with Gasteiger partial charge in [-0.3, -0.25) is 9.69 Å². The number of H-pyrrole nitrogens is 1. The van der Waals surface area contributed by atoms with Crippen LogP contribution in [0.5, 0.6) is 11.5 Å². The van der Waals surface area contributed by atoms with E-state index in [0.717, 1.165) is 28.3 Å². The molecule has 0 saturated heterocycles. The van der Waals surface area contributed by atoms with Gasteiger partial charge >= 0.3 is 0 Å². The van der Waals surface area contributed by atoms with E-state index < -0.39 is 0 Å². The number of nitrogens with one attached hydrogen (secondary N) is 2. The molecule has 6 heteroatoms. The molecule has 6 nitrogen and oxygen atoms in total. The van der Waals surface area contributed by atoms with Gasteiger partial charge in [0.15, 0.2) is 11.5 Å². The molecular weight excluding hydrogens is 342 g/mol. The zero-order valence-electron chi connectivity index (χ0n) is 15.1. The number of anilines is 2. The van der Waals surface area contributed by atoms with Gasteiger partial charge in [-0.25, -0.2) is 0 Å². The Hall–Kier alpha value is -3.41. The van der Waals surface area contributed by atoms with Crippen molar-refractivity contribution in [1.82, 2.24) is 4.98 Å². The summed E-state index contributed by atoms with van der Waals surface area (Å²) in [6.07, 6.45) is -0.322. The third-order valence-electron chi connectivity index (χ3n) is 5.05. The number of para-hydroxylation sites is 1. The molecule has 0 bridgehead atoms. The van der Waals surface area contributed by atoms with Gasteiger partial charge < -0.3 is 19.8 Å². The number of rotatable bonds is 2. The molecule has 27 heavy (non-hydrogen) atoms. The second-order valence-electron chi connectivity index (χ2n) is 6.84. The first kappa shape index (κ1) is 15.8. The number of nitrogens with zero attached hydrogens (tertiary/aromatic N) is 1. The predicted octanol–water partition coefficient (Wildman–Crippen LogP) is 4.13. The maximum atomic E-state index is 13.4. The van der Waals surface area contributed by atoms with E-state index in [9.17, 15) is 4.79 Å². The number of carbonyl (C=O) groups is 1. The van der Waals surface area contributed by atoms with Crippen LogP contribution in [-0.4, -0.2) is 17.7 Å². The van der Waals surface area contributed by atoms with Crippen molar-refractivity contribution in [3.8, 4) is 11.5 Å². The Kier molecular flexibility index (Phi) is 3.40. The van der Waals surface area contributed by atoms with Crippen LogP contribution in [0.25, 0.3) is 0 Å². The highest BCUT2D eigenvalue weighted by Crippen LogP contribution is 2.41. The Bertz CT molecular complexity index is 1060. The molecule has 5 rings (SSSR count). The second kappa shape index (κ2) is 5.81. The average Bonchev–Trinajstić information content (AvgIpc) is 3.26. The van der Waals surface area contributed by atoms with Gasteiger partial charge in [-0.2, -0.15) is 0 Å². The van der Waals surface area contributed by atoms with Gasteiger partial charge in [0.2, 0.25) is 6.79 Å². The average molecular weight is 361 g/mol. The molecule has 0 aliphatic carbocycles. The van der Waals surface area contributed by atoms with Crippen LogP contribution >= 0.6 is 0 Å². The summed E-state index contributed by atoms with van der Waals surface area (Å²) in [7, 11) is 0. The fraction of sp³-hybridized carbons (Fsp3) is 0.190. The van der Waals surface area contributed by atoms with Crippen LogP contribution in [0, 0.1) is 13.8 Å². The highest BCUT2D eigenvalue weighted by Gasteiger charge is 2.35. The lowest BCUT2D eigenvalue weighted by atomic mass is 10.0. The number of fused-ring (bicyclic) bond motifs is 2. The fourth-order valence-corrected chi connectivity index (χ4v) is 3.80. The van der Waals surface area contributed by atoms with E-state index in [-0.39, 0.29) is 18.9 Å². The number of hydrogen-bond acceptors (Lipinski definition) is 4. The maximum absolute atomic E-state index is 13.4. The molecule has 1 amide bonds. The molecule has 0 spiro atoms. The summed E-state index contributed by atoms with van der Waals surface area (Å²) in [5, 5.41) is 3.53. The van der Waals surface area contributed by atoms with Gasteiger partial charge in [0.1, 0.15) is 6.17 Å². The molecule has 2 aromatic carbocycles. The van der Waals surface area contributed by atoms with Crippen molar-refractivity contribution in [2.75, 3.05) is 17.0 Å². The van der Waals surface area contributed by atoms with Crippen LogP contribution < -0.4 is 19.7 Å². The van der Waals surface area contributed by atoms with Crippen molar-refractivity contribution in [1.29, 1.82) is 0 Å². The molecule has 0 fully saturated rings. The normalized spacial score (nSPS) is 17.6. The number of ether oxygens (including phenoxy) is 2. The SMILES string of the molecule is Cc1cc([C@@H]2Nc3ccccc3C(=O)N2c2ccc3c(c2)OCO3)c(C)[nH]1. The summed E-state index contributed by atoms with van der Waals surface area (Å²) in [6, 6.07) is 15.3. The Morgan fingerprint density at radius 3 is 2.67 bits per heavy atom. The minimum atomic E-state index is -0.322. The Labute approximate surface area is 156 Å². The molecule has 2 aliphatic heterocycles. The highest BCUT2D eigenvalue weighted by molar-refractivity contribution is 6.12. The molecule has 2 aliphatic rings. The van der Waals surface area contributed by atoms with Crippen molar-refractivity contribution in [2.45, 2.75) is 20.0 Å². The van der Waals surface area contributed by atoms with Gasteiger partial charge in [-0.1, -0.05) is 12.1 Å². The molecule has 0 saturated carbocycles. The lowest BCUT2D eigenvalue weighted by molar-refractivity contribution is 0.0975. The van der Waals surface area contributed by atoms with E-state index in [0.29, 0.717) is 17.1 Å². The largest absolute Gasteiger partial charge is 0.454 e. The van der Waals surface area contributed by atoms with Crippen molar-refractivity contribution in [3.63, 3.8) is 0 Å². The van der Waals surface area contributed by atoms with Crippen LogP contribution in [0.4, 0.5) is 11.4 Å². The first-order valence-electron chi connectivity index (χ1n) is 8.87. The first-order chi connectivity index (χ1) is 13.1. The zero-order chi connectivity index (χ0) is 18.5. The van der Waals surface area contributed by atoms with Crippen molar-refractivity contribution < 1.29 is 14.3 Å². The summed E-state index contributed by atoms with van der Waals surface area (Å²) >= 11 is 0. The van der Waals surface area contributed by atoms with Crippen LogP contribution in [0.3, 0.4) is 0 Å². The second-order valence-corrected chi connectivity index (χ2v) is 6.84. The van der Waals surface area contributed by atoms with Gasteiger partial charge in [-0.05, 0) is 44.2 Å². The van der Waals surface area contributed by atoms with Gasteiger partial charge in [0.05, 0.1) is 11.3 Å². The Morgan fingerprint density at radius 2 is 1.85 bits per heavy atom. The number of amides is 1. The molecule has 2 N–H and O–H groups in total. The Balaban J connectivity index is 1.67. The number of hydrogen-bond donors (Lipinski definition) is 2. The van der Waals surface area contributed by atoms with E-state index in [4.69, 9.17) is 9.47 Å². The van der Waals surface area contributed by atoms with Crippen LogP contribution in [-0.2, 0) is 0 Å².